The first kappa shape index (κ1) is 9.08. The summed E-state index contributed by atoms with van der Waals surface area (Å²) < 4.78 is 0. The zero-order chi connectivity index (χ0) is 11.3. The van der Waals surface area contributed by atoms with Crippen LogP contribution in [-0.4, -0.2) is 28.8 Å². The van der Waals surface area contributed by atoms with Gasteiger partial charge in [-0.3, -0.25) is 19.3 Å². The Labute approximate surface area is 91.0 Å². The predicted octanol–water partition coefficient (Wildman–Crippen LogP) is 0.129. The predicted molar refractivity (Wildman–Crippen MR) is 53.5 cm³/mol. The number of nitrogens with one attached hydrogen (secondary N) is 1. The van der Waals surface area contributed by atoms with Crippen molar-refractivity contribution in [3.8, 4) is 0 Å². The highest BCUT2D eigenvalue weighted by Gasteiger charge is 2.44. The summed E-state index contributed by atoms with van der Waals surface area (Å²) in [5, 5.41) is 2.53. The quantitative estimate of drug-likeness (QED) is 0.536. The summed E-state index contributed by atoms with van der Waals surface area (Å²) in [4.78, 5) is 35.7. The van der Waals surface area contributed by atoms with Gasteiger partial charge < -0.3 is 5.32 Å². The first-order valence-corrected chi connectivity index (χ1v) is 4.95. The second-order valence-electron chi connectivity index (χ2n) is 3.81. The van der Waals surface area contributed by atoms with Crippen molar-refractivity contribution in [2.45, 2.75) is 12.6 Å². The number of β-lactam (4-membered cyclic amide) rings is 1. The maximum atomic E-state index is 11.9. The Morgan fingerprint density at radius 3 is 2.00 bits per heavy atom. The fourth-order valence-electron chi connectivity index (χ4n) is 1.99. The summed E-state index contributed by atoms with van der Waals surface area (Å²) >= 11 is 0. The number of benzene rings is 1. The van der Waals surface area contributed by atoms with E-state index in [2.05, 4.69) is 5.32 Å². The standard InChI is InChI=1S/C11H8N2O3/c14-9-5-8(12-9)13-10(15)6-3-1-2-4-7(6)11(13)16/h1-4,8H,5H2,(H,12,14). The molecule has 0 spiro atoms. The number of nitrogens with zero attached hydrogens (tertiary/aromatic N) is 1. The molecule has 1 aromatic rings. The highest BCUT2D eigenvalue weighted by molar-refractivity contribution is 6.22. The highest BCUT2D eigenvalue weighted by atomic mass is 16.2. The summed E-state index contributed by atoms with van der Waals surface area (Å²) in [5.74, 6) is -0.794. The van der Waals surface area contributed by atoms with Gasteiger partial charge in [-0.25, -0.2) is 0 Å². The van der Waals surface area contributed by atoms with Gasteiger partial charge in [0.2, 0.25) is 5.91 Å². The topological polar surface area (TPSA) is 66.5 Å². The second kappa shape index (κ2) is 2.91. The monoisotopic (exact) mass is 216 g/mol. The molecule has 0 aromatic heterocycles. The molecule has 0 saturated carbocycles. The van der Waals surface area contributed by atoms with Gasteiger partial charge in [0.15, 0.2) is 0 Å². The van der Waals surface area contributed by atoms with Crippen LogP contribution in [0.4, 0.5) is 0 Å². The van der Waals surface area contributed by atoms with Crippen molar-refractivity contribution in [3.63, 3.8) is 0 Å². The Morgan fingerprint density at radius 1 is 1.06 bits per heavy atom. The zero-order valence-corrected chi connectivity index (χ0v) is 8.27. The Kier molecular flexibility index (Phi) is 1.65. The Bertz CT molecular complexity index is 481. The first-order chi connectivity index (χ1) is 7.68. The van der Waals surface area contributed by atoms with Crippen molar-refractivity contribution in [3.05, 3.63) is 35.4 Å². The molecule has 1 aromatic carbocycles. The lowest BCUT2D eigenvalue weighted by Gasteiger charge is -2.33. The average Bonchev–Trinajstić information content (AvgIpc) is 2.49. The van der Waals surface area contributed by atoms with E-state index < -0.39 is 6.17 Å². The molecule has 2 aliphatic heterocycles. The van der Waals surface area contributed by atoms with E-state index in [9.17, 15) is 14.4 Å². The van der Waals surface area contributed by atoms with Crippen LogP contribution in [0.3, 0.4) is 0 Å². The van der Waals surface area contributed by atoms with Crippen LogP contribution < -0.4 is 5.32 Å². The summed E-state index contributed by atoms with van der Waals surface area (Å²) in [6, 6.07) is 6.67. The third-order valence-electron chi connectivity index (χ3n) is 2.84. The molecular weight excluding hydrogens is 208 g/mol. The minimum atomic E-state index is -0.472. The number of hydrogen-bond donors (Lipinski definition) is 1. The molecule has 3 amide bonds. The molecule has 0 radical (unpaired) electrons. The molecule has 1 unspecified atom stereocenters. The van der Waals surface area contributed by atoms with Gasteiger partial charge in [0, 0.05) is 0 Å². The van der Waals surface area contributed by atoms with Crippen molar-refractivity contribution in [1.82, 2.24) is 10.2 Å². The minimum Gasteiger partial charge on any atom is -0.335 e. The SMILES string of the molecule is O=C1CC(N2C(=O)c3ccccc3C2=O)N1. The van der Waals surface area contributed by atoms with Crippen LogP contribution in [0.5, 0.6) is 0 Å². The van der Waals surface area contributed by atoms with Crippen molar-refractivity contribution in [2.24, 2.45) is 0 Å². The molecular formula is C11H8N2O3. The molecule has 5 nitrogen and oxygen atoms in total. The molecule has 2 aliphatic rings. The van der Waals surface area contributed by atoms with Gasteiger partial charge in [0.1, 0.15) is 6.17 Å². The number of carbonyl (C=O) groups is 3. The number of amides is 3. The smallest absolute Gasteiger partial charge is 0.263 e. The van der Waals surface area contributed by atoms with Crippen LogP contribution >= 0.6 is 0 Å². The van der Waals surface area contributed by atoms with Gasteiger partial charge in [-0.1, -0.05) is 12.1 Å². The minimum absolute atomic E-state index is 0.137. The van der Waals surface area contributed by atoms with E-state index >= 15 is 0 Å². The molecule has 80 valence electrons. The van der Waals surface area contributed by atoms with Gasteiger partial charge in [-0.05, 0) is 12.1 Å². The summed E-state index contributed by atoms with van der Waals surface area (Å²) in [5.41, 5.74) is 0.822. The maximum Gasteiger partial charge on any atom is 0.263 e. The lowest BCUT2D eigenvalue weighted by molar-refractivity contribution is -0.130. The third kappa shape index (κ3) is 1.02. The molecule has 0 aliphatic carbocycles. The zero-order valence-electron chi connectivity index (χ0n) is 8.27. The van der Waals surface area contributed by atoms with Crippen LogP contribution in [0, 0.1) is 0 Å². The first-order valence-electron chi connectivity index (χ1n) is 4.95. The summed E-state index contributed by atoms with van der Waals surface area (Å²) in [6.45, 7) is 0. The van der Waals surface area contributed by atoms with Gasteiger partial charge in [0.05, 0.1) is 17.5 Å². The lowest BCUT2D eigenvalue weighted by Crippen LogP contribution is -2.60. The molecule has 2 heterocycles. The van der Waals surface area contributed by atoms with Crippen molar-refractivity contribution >= 4 is 17.7 Å². The molecule has 5 heteroatoms. The molecule has 1 saturated heterocycles. The number of imide groups is 1. The van der Waals surface area contributed by atoms with E-state index in [1.165, 1.54) is 0 Å². The summed E-state index contributed by atoms with van der Waals surface area (Å²) in [6.07, 6.45) is -0.272. The number of fused-ring (bicyclic) bond motifs is 1. The summed E-state index contributed by atoms with van der Waals surface area (Å²) in [7, 11) is 0. The molecule has 3 rings (SSSR count). The number of hydrogen-bond acceptors (Lipinski definition) is 3. The Balaban J connectivity index is 1.98. The third-order valence-corrected chi connectivity index (χ3v) is 2.84. The van der Waals surface area contributed by atoms with Crippen LogP contribution in [0.15, 0.2) is 24.3 Å². The van der Waals surface area contributed by atoms with E-state index in [-0.39, 0.29) is 24.1 Å². The lowest BCUT2D eigenvalue weighted by atomic mass is 10.1. The highest BCUT2D eigenvalue weighted by Crippen LogP contribution is 2.26. The number of carbonyl (C=O) groups excluding carboxylic acids is 3. The maximum absolute atomic E-state index is 11.9. The van der Waals surface area contributed by atoms with Gasteiger partial charge in [-0.2, -0.15) is 0 Å². The van der Waals surface area contributed by atoms with Crippen molar-refractivity contribution in [2.75, 3.05) is 0 Å². The Morgan fingerprint density at radius 2 is 1.56 bits per heavy atom. The van der Waals surface area contributed by atoms with E-state index in [0.29, 0.717) is 11.1 Å². The molecule has 0 bridgehead atoms. The van der Waals surface area contributed by atoms with Crippen LogP contribution in [0.1, 0.15) is 27.1 Å². The van der Waals surface area contributed by atoms with Crippen LogP contribution in [0.25, 0.3) is 0 Å². The fourth-order valence-corrected chi connectivity index (χ4v) is 1.99. The van der Waals surface area contributed by atoms with Gasteiger partial charge in [0.25, 0.3) is 11.8 Å². The number of rotatable bonds is 1. The van der Waals surface area contributed by atoms with Crippen LogP contribution in [0.2, 0.25) is 0 Å². The van der Waals surface area contributed by atoms with E-state index in [0.717, 1.165) is 4.90 Å². The largest absolute Gasteiger partial charge is 0.335 e. The molecule has 1 atom stereocenters. The average molecular weight is 216 g/mol. The fraction of sp³-hybridized carbons (Fsp3) is 0.182. The van der Waals surface area contributed by atoms with E-state index in [1.54, 1.807) is 24.3 Å². The van der Waals surface area contributed by atoms with Crippen LogP contribution in [-0.2, 0) is 4.79 Å². The Hall–Kier alpha value is -2.17. The van der Waals surface area contributed by atoms with Crippen molar-refractivity contribution in [1.29, 1.82) is 0 Å². The van der Waals surface area contributed by atoms with Gasteiger partial charge in [-0.15, -0.1) is 0 Å². The molecule has 16 heavy (non-hydrogen) atoms. The van der Waals surface area contributed by atoms with E-state index in [4.69, 9.17) is 0 Å². The molecule has 1 N–H and O–H groups in total. The normalized spacial score (nSPS) is 22.9. The van der Waals surface area contributed by atoms with E-state index in [1.807, 2.05) is 0 Å². The molecule has 1 fully saturated rings. The van der Waals surface area contributed by atoms with Crippen molar-refractivity contribution < 1.29 is 14.4 Å². The second-order valence-corrected chi connectivity index (χ2v) is 3.81. The van der Waals surface area contributed by atoms with Gasteiger partial charge >= 0.3 is 0 Å².